The first kappa shape index (κ1) is 15.5. The SMILES string of the molecule is COCCOCCCOc1ccc(/C(C)=N/O)cc1. The predicted octanol–water partition coefficient (Wildman–Crippen LogP) is 2.32. The van der Waals surface area contributed by atoms with Crippen molar-refractivity contribution in [3.05, 3.63) is 29.8 Å². The zero-order chi connectivity index (χ0) is 13.9. The van der Waals surface area contributed by atoms with Crippen LogP contribution in [0.2, 0.25) is 0 Å². The van der Waals surface area contributed by atoms with E-state index >= 15 is 0 Å². The van der Waals surface area contributed by atoms with E-state index in [2.05, 4.69) is 5.16 Å². The van der Waals surface area contributed by atoms with Crippen molar-refractivity contribution in [1.29, 1.82) is 0 Å². The van der Waals surface area contributed by atoms with Crippen LogP contribution in [0.5, 0.6) is 5.75 Å². The van der Waals surface area contributed by atoms with Gasteiger partial charge in [0.2, 0.25) is 0 Å². The fourth-order valence-electron chi connectivity index (χ4n) is 1.45. The summed E-state index contributed by atoms with van der Waals surface area (Å²) in [5.41, 5.74) is 1.45. The fraction of sp³-hybridized carbons (Fsp3) is 0.500. The van der Waals surface area contributed by atoms with Crippen molar-refractivity contribution < 1.29 is 19.4 Å². The molecule has 106 valence electrons. The summed E-state index contributed by atoms with van der Waals surface area (Å²) in [5, 5.41) is 11.8. The number of nitrogens with zero attached hydrogens (tertiary/aromatic N) is 1. The highest BCUT2D eigenvalue weighted by Gasteiger charge is 1.99. The van der Waals surface area contributed by atoms with Crippen molar-refractivity contribution in [2.75, 3.05) is 33.5 Å². The van der Waals surface area contributed by atoms with Crippen LogP contribution < -0.4 is 4.74 Å². The van der Waals surface area contributed by atoms with Gasteiger partial charge < -0.3 is 19.4 Å². The second-order valence-corrected chi connectivity index (χ2v) is 4.02. The number of rotatable bonds is 9. The fourth-order valence-corrected chi connectivity index (χ4v) is 1.45. The summed E-state index contributed by atoms with van der Waals surface area (Å²) >= 11 is 0. The zero-order valence-corrected chi connectivity index (χ0v) is 11.5. The molecule has 0 bridgehead atoms. The van der Waals surface area contributed by atoms with Crippen LogP contribution in [-0.4, -0.2) is 44.5 Å². The highest BCUT2D eigenvalue weighted by molar-refractivity contribution is 5.98. The standard InChI is InChI=1S/C14H21NO4/c1-12(15-16)13-4-6-14(7-5-13)19-9-3-8-18-11-10-17-2/h4-7,16H,3,8-11H2,1-2H3/b15-12+. The van der Waals surface area contributed by atoms with Gasteiger partial charge in [0.1, 0.15) is 5.75 Å². The molecule has 5 nitrogen and oxygen atoms in total. The lowest BCUT2D eigenvalue weighted by Crippen LogP contribution is -2.06. The Kier molecular flexibility index (Phi) is 7.62. The molecule has 1 aromatic carbocycles. The van der Waals surface area contributed by atoms with Gasteiger partial charge in [-0.2, -0.15) is 0 Å². The van der Waals surface area contributed by atoms with Crippen molar-refractivity contribution in [3.8, 4) is 5.75 Å². The topological polar surface area (TPSA) is 60.3 Å². The molecule has 1 aromatic rings. The highest BCUT2D eigenvalue weighted by atomic mass is 16.5. The third-order valence-electron chi connectivity index (χ3n) is 2.56. The summed E-state index contributed by atoms with van der Waals surface area (Å²) in [6, 6.07) is 7.44. The van der Waals surface area contributed by atoms with Gasteiger partial charge in [-0.25, -0.2) is 0 Å². The van der Waals surface area contributed by atoms with Gasteiger partial charge in [-0.1, -0.05) is 5.16 Å². The second-order valence-electron chi connectivity index (χ2n) is 4.02. The van der Waals surface area contributed by atoms with E-state index in [-0.39, 0.29) is 0 Å². The molecule has 0 atom stereocenters. The minimum atomic E-state index is 0.582. The number of benzene rings is 1. The van der Waals surface area contributed by atoms with E-state index < -0.39 is 0 Å². The maximum Gasteiger partial charge on any atom is 0.119 e. The van der Waals surface area contributed by atoms with Gasteiger partial charge in [-0.3, -0.25) is 0 Å². The van der Waals surface area contributed by atoms with E-state index in [0.717, 1.165) is 17.7 Å². The normalized spacial score (nSPS) is 11.6. The largest absolute Gasteiger partial charge is 0.494 e. The van der Waals surface area contributed by atoms with Crippen molar-refractivity contribution in [2.24, 2.45) is 5.16 Å². The Labute approximate surface area is 113 Å². The molecule has 0 fully saturated rings. The van der Waals surface area contributed by atoms with Gasteiger partial charge in [0.05, 0.1) is 25.5 Å². The molecule has 1 rings (SSSR count). The summed E-state index contributed by atoms with van der Waals surface area (Å²) in [6.45, 7) is 4.25. The minimum Gasteiger partial charge on any atom is -0.494 e. The number of hydrogen-bond acceptors (Lipinski definition) is 5. The lowest BCUT2D eigenvalue weighted by molar-refractivity contribution is 0.0644. The van der Waals surface area contributed by atoms with Gasteiger partial charge in [0.25, 0.3) is 0 Å². The van der Waals surface area contributed by atoms with Crippen LogP contribution >= 0.6 is 0 Å². The van der Waals surface area contributed by atoms with Crippen LogP contribution in [0.4, 0.5) is 0 Å². The third kappa shape index (κ3) is 6.22. The van der Waals surface area contributed by atoms with Crippen LogP contribution in [-0.2, 0) is 9.47 Å². The Morgan fingerprint density at radius 3 is 2.47 bits per heavy atom. The summed E-state index contributed by atoms with van der Waals surface area (Å²) in [5.74, 6) is 0.798. The molecule has 0 spiro atoms. The van der Waals surface area contributed by atoms with Gasteiger partial charge >= 0.3 is 0 Å². The molecule has 0 saturated carbocycles. The number of oxime groups is 1. The zero-order valence-electron chi connectivity index (χ0n) is 11.5. The molecule has 0 aliphatic carbocycles. The maximum atomic E-state index is 8.65. The molecule has 0 heterocycles. The molecule has 0 aliphatic rings. The van der Waals surface area contributed by atoms with E-state index in [9.17, 15) is 0 Å². The number of ether oxygens (including phenoxy) is 3. The van der Waals surface area contributed by atoms with E-state index in [1.165, 1.54) is 0 Å². The quantitative estimate of drug-likeness (QED) is 0.323. The molecule has 5 heteroatoms. The first-order valence-corrected chi connectivity index (χ1v) is 6.26. The molecule has 0 aliphatic heterocycles. The van der Waals surface area contributed by atoms with Gasteiger partial charge in [0.15, 0.2) is 0 Å². The molecule has 0 aromatic heterocycles. The van der Waals surface area contributed by atoms with Crippen molar-refractivity contribution in [2.45, 2.75) is 13.3 Å². The Balaban J connectivity index is 2.19. The monoisotopic (exact) mass is 267 g/mol. The summed E-state index contributed by atoms with van der Waals surface area (Å²) in [4.78, 5) is 0. The van der Waals surface area contributed by atoms with Crippen LogP contribution in [0.3, 0.4) is 0 Å². The molecule has 0 radical (unpaired) electrons. The van der Waals surface area contributed by atoms with Crippen LogP contribution in [0.15, 0.2) is 29.4 Å². The molecule has 0 unspecified atom stereocenters. The smallest absolute Gasteiger partial charge is 0.119 e. The summed E-state index contributed by atoms with van der Waals surface area (Å²) in [6.07, 6.45) is 0.836. The van der Waals surface area contributed by atoms with Gasteiger partial charge in [-0.15, -0.1) is 0 Å². The Morgan fingerprint density at radius 1 is 1.11 bits per heavy atom. The second kappa shape index (κ2) is 9.35. The van der Waals surface area contributed by atoms with E-state index in [1.807, 2.05) is 24.3 Å². The molecule has 0 saturated heterocycles. The maximum absolute atomic E-state index is 8.65. The molecular weight excluding hydrogens is 246 g/mol. The molecular formula is C14H21NO4. The first-order chi connectivity index (χ1) is 9.27. The van der Waals surface area contributed by atoms with Crippen molar-refractivity contribution in [3.63, 3.8) is 0 Å². The Bertz CT molecular complexity index is 376. The summed E-state index contributed by atoms with van der Waals surface area (Å²) < 4.78 is 15.8. The number of methoxy groups -OCH3 is 1. The van der Waals surface area contributed by atoms with Crippen molar-refractivity contribution >= 4 is 5.71 Å². The number of hydrogen-bond donors (Lipinski definition) is 1. The highest BCUT2D eigenvalue weighted by Crippen LogP contribution is 2.13. The third-order valence-corrected chi connectivity index (χ3v) is 2.56. The lowest BCUT2D eigenvalue weighted by Gasteiger charge is -2.07. The molecule has 1 N–H and O–H groups in total. The average Bonchev–Trinajstić information content (AvgIpc) is 2.46. The first-order valence-electron chi connectivity index (χ1n) is 6.26. The predicted molar refractivity (Wildman–Crippen MR) is 73.2 cm³/mol. The summed E-state index contributed by atoms with van der Waals surface area (Å²) in [7, 11) is 1.65. The van der Waals surface area contributed by atoms with Crippen LogP contribution in [0.25, 0.3) is 0 Å². The van der Waals surface area contributed by atoms with Gasteiger partial charge in [0, 0.05) is 20.1 Å². The Morgan fingerprint density at radius 2 is 1.84 bits per heavy atom. The Hall–Kier alpha value is -1.59. The molecule has 0 amide bonds. The van der Waals surface area contributed by atoms with Crippen LogP contribution in [0.1, 0.15) is 18.9 Å². The van der Waals surface area contributed by atoms with Crippen LogP contribution in [0, 0.1) is 0 Å². The van der Waals surface area contributed by atoms with E-state index in [4.69, 9.17) is 19.4 Å². The minimum absolute atomic E-state index is 0.582. The van der Waals surface area contributed by atoms with Crippen molar-refractivity contribution in [1.82, 2.24) is 0 Å². The average molecular weight is 267 g/mol. The lowest BCUT2D eigenvalue weighted by atomic mass is 10.1. The van der Waals surface area contributed by atoms with E-state index in [1.54, 1.807) is 14.0 Å². The van der Waals surface area contributed by atoms with Gasteiger partial charge in [-0.05, 0) is 36.8 Å². The molecule has 19 heavy (non-hydrogen) atoms. The van der Waals surface area contributed by atoms with E-state index in [0.29, 0.717) is 32.1 Å².